The molecule has 2 amide bonds. The fourth-order valence-electron chi connectivity index (χ4n) is 3.60. The number of morpholine rings is 1. The molecule has 0 aliphatic carbocycles. The van der Waals surface area contributed by atoms with Crippen LogP contribution in [-0.2, 0) is 4.74 Å². The van der Waals surface area contributed by atoms with Crippen LogP contribution in [0, 0.1) is 12.7 Å². The van der Waals surface area contributed by atoms with Crippen molar-refractivity contribution in [2.24, 2.45) is 0 Å². The normalized spacial score (nSPS) is 22.8. The number of carbonyl (C=O) groups is 1. The molecule has 138 valence electrons. The molecule has 0 bridgehead atoms. The van der Waals surface area contributed by atoms with Crippen LogP contribution in [0.4, 0.5) is 9.18 Å². The topological polar surface area (TPSA) is 44.8 Å². The van der Waals surface area contributed by atoms with Crippen LogP contribution >= 0.6 is 0 Å². The summed E-state index contributed by atoms with van der Waals surface area (Å²) in [4.78, 5) is 17.0. The maximum Gasteiger partial charge on any atom is 0.318 e. The molecule has 0 radical (unpaired) electrons. The van der Waals surface area contributed by atoms with Crippen molar-refractivity contribution in [3.8, 4) is 0 Å². The number of likely N-dealkylation sites (tertiary alicyclic amines) is 1. The molecule has 1 aromatic rings. The van der Waals surface area contributed by atoms with Gasteiger partial charge in [-0.25, -0.2) is 9.18 Å². The molecule has 0 spiro atoms. The second kappa shape index (κ2) is 8.15. The largest absolute Gasteiger partial charge is 0.379 e. The number of amides is 2. The Morgan fingerprint density at radius 1 is 1.36 bits per heavy atom. The van der Waals surface area contributed by atoms with Crippen molar-refractivity contribution < 1.29 is 13.9 Å². The second-order valence-electron chi connectivity index (χ2n) is 7.08. The van der Waals surface area contributed by atoms with Gasteiger partial charge in [0.2, 0.25) is 0 Å². The molecule has 5 nitrogen and oxygen atoms in total. The molecule has 6 heteroatoms. The van der Waals surface area contributed by atoms with Gasteiger partial charge in [0.25, 0.3) is 0 Å². The quantitative estimate of drug-likeness (QED) is 0.909. The van der Waals surface area contributed by atoms with Gasteiger partial charge in [0.05, 0.1) is 19.3 Å². The van der Waals surface area contributed by atoms with Gasteiger partial charge in [-0.2, -0.15) is 0 Å². The highest BCUT2D eigenvalue weighted by Crippen LogP contribution is 2.21. The van der Waals surface area contributed by atoms with E-state index in [1.165, 1.54) is 6.07 Å². The van der Waals surface area contributed by atoms with E-state index in [1.807, 2.05) is 17.9 Å². The van der Waals surface area contributed by atoms with E-state index in [2.05, 4.69) is 10.2 Å². The SMILES string of the molecule is Cc1ccc([C@@H](C)NC(=O)N2CCC[C@@H]2CN2CCOCC2)cc1F. The number of urea groups is 1. The zero-order valence-electron chi connectivity index (χ0n) is 15.1. The zero-order valence-corrected chi connectivity index (χ0v) is 15.1. The Hall–Kier alpha value is -1.66. The van der Waals surface area contributed by atoms with E-state index in [0.717, 1.165) is 57.8 Å². The minimum Gasteiger partial charge on any atom is -0.379 e. The number of hydrogen-bond donors (Lipinski definition) is 1. The predicted molar refractivity (Wildman–Crippen MR) is 95.1 cm³/mol. The lowest BCUT2D eigenvalue weighted by molar-refractivity contribution is 0.0291. The summed E-state index contributed by atoms with van der Waals surface area (Å²) >= 11 is 0. The van der Waals surface area contributed by atoms with Crippen LogP contribution in [0.15, 0.2) is 18.2 Å². The van der Waals surface area contributed by atoms with Crippen molar-refractivity contribution in [2.45, 2.75) is 38.8 Å². The Bertz CT molecular complexity index is 604. The van der Waals surface area contributed by atoms with Crippen LogP contribution < -0.4 is 5.32 Å². The molecule has 0 saturated carbocycles. The van der Waals surface area contributed by atoms with Crippen LogP contribution in [0.3, 0.4) is 0 Å². The number of nitrogens with one attached hydrogen (secondary N) is 1. The summed E-state index contributed by atoms with van der Waals surface area (Å²) in [6.45, 7) is 8.75. The molecule has 1 aromatic carbocycles. The monoisotopic (exact) mass is 349 g/mol. The molecule has 2 aliphatic rings. The minimum atomic E-state index is -0.232. The van der Waals surface area contributed by atoms with E-state index < -0.39 is 0 Å². The van der Waals surface area contributed by atoms with Gasteiger partial charge >= 0.3 is 6.03 Å². The first-order chi connectivity index (χ1) is 12.0. The summed E-state index contributed by atoms with van der Waals surface area (Å²) in [5, 5.41) is 3.03. The van der Waals surface area contributed by atoms with Gasteiger partial charge in [0.15, 0.2) is 0 Å². The zero-order chi connectivity index (χ0) is 17.8. The predicted octanol–water partition coefficient (Wildman–Crippen LogP) is 2.70. The van der Waals surface area contributed by atoms with E-state index in [0.29, 0.717) is 5.56 Å². The van der Waals surface area contributed by atoms with Crippen molar-refractivity contribution in [2.75, 3.05) is 39.4 Å². The molecule has 25 heavy (non-hydrogen) atoms. The molecule has 2 saturated heterocycles. The lowest BCUT2D eigenvalue weighted by Crippen LogP contribution is -2.49. The average molecular weight is 349 g/mol. The van der Waals surface area contributed by atoms with Gasteiger partial charge < -0.3 is 15.0 Å². The fraction of sp³-hybridized carbons (Fsp3) is 0.632. The third kappa shape index (κ3) is 4.50. The van der Waals surface area contributed by atoms with Gasteiger partial charge in [-0.05, 0) is 43.9 Å². The van der Waals surface area contributed by atoms with Crippen molar-refractivity contribution in [1.29, 1.82) is 0 Å². The summed E-state index contributed by atoms with van der Waals surface area (Å²) in [6, 6.07) is 5.12. The number of carbonyl (C=O) groups excluding carboxylic acids is 1. The van der Waals surface area contributed by atoms with E-state index in [-0.39, 0.29) is 23.9 Å². The van der Waals surface area contributed by atoms with Crippen LogP contribution in [0.1, 0.15) is 36.9 Å². The van der Waals surface area contributed by atoms with Crippen molar-refractivity contribution in [3.63, 3.8) is 0 Å². The van der Waals surface area contributed by atoms with Gasteiger partial charge in [-0.15, -0.1) is 0 Å². The first-order valence-electron chi connectivity index (χ1n) is 9.18. The Morgan fingerprint density at radius 3 is 2.84 bits per heavy atom. The summed E-state index contributed by atoms with van der Waals surface area (Å²) in [7, 11) is 0. The number of benzene rings is 1. The molecule has 2 atom stereocenters. The third-order valence-corrected chi connectivity index (χ3v) is 5.25. The average Bonchev–Trinajstić information content (AvgIpc) is 3.06. The van der Waals surface area contributed by atoms with Crippen LogP contribution in [0.2, 0.25) is 0 Å². The maximum absolute atomic E-state index is 13.8. The lowest BCUT2D eigenvalue weighted by Gasteiger charge is -2.33. The lowest BCUT2D eigenvalue weighted by atomic mass is 10.1. The Kier molecular flexibility index (Phi) is 5.91. The van der Waals surface area contributed by atoms with Gasteiger partial charge in [-0.3, -0.25) is 4.90 Å². The Labute approximate surface area is 149 Å². The number of ether oxygens (including phenoxy) is 1. The van der Waals surface area contributed by atoms with Crippen LogP contribution in [0.5, 0.6) is 0 Å². The van der Waals surface area contributed by atoms with E-state index in [1.54, 1.807) is 13.0 Å². The minimum absolute atomic E-state index is 0.0516. The summed E-state index contributed by atoms with van der Waals surface area (Å²) in [5.41, 5.74) is 1.41. The van der Waals surface area contributed by atoms with E-state index in [4.69, 9.17) is 4.74 Å². The van der Waals surface area contributed by atoms with Crippen molar-refractivity contribution >= 4 is 6.03 Å². The maximum atomic E-state index is 13.8. The Morgan fingerprint density at radius 2 is 2.12 bits per heavy atom. The van der Waals surface area contributed by atoms with Crippen LogP contribution in [0.25, 0.3) is 0 Å². The van der Waals surface area contributed by atoms with E-state index >= 15 is 0 Å². The van der Waals surface area contributed by atoms with Crippen molar-refractivity contribution in [1.82, 2.24) is 15.1 Å². The first-order valence-corrected chi connectivity index (χ1v) is 9.18. The third-order valence-electron chi connectivity index (χ3n) is 5.25. The standard InChI is InChI=1S/C19H28FN3O2/c1-14-5-6-16(12-18(14)20)15(2)21-19(24)23-7-3-4-17(23)13-22-8-10-25-11-9-22/h5-6,12,15,17H,3-4,7-11,13H2,1-2H3,(H,21,24)/t15-,17-/m1/s1. The highest BCUT2D eigenvalue weighted by Gasteiger charge is 2.31. The summed E-state index contributed by atoms with van der Waals surface area (Å²) < 4.78 is 19.2. The number of hydrogen-bond acceptors (Lipinski definition) is 3. The molecule has 2 aliphatic heterocycles. The first kappa shape index (κ1) is 18.1. The van der Waals surface area contributed by atoms with Gasteiger partial charge in [0, 0.05) is 32.2 Å². The molecule has 0 aromatic heterocycles. The molecule has 1 N–H and O–H groups in total. The van der Waals surface area contributed by atoms with Crippen LogP contribution in [-0.4, -0.2) is 61.3 Å². The fourth-order valence-corrected chi connectivity index (χ4v) is 3.60. The smallest absolute Gasteiger partial charge is 0.318 e. The number of nitrogens with zero attached hydrogens (tertiary/aromatic N) is 2. The van der Waals surface area contributed by atoms with Gasteiger partial charge in [-0.1, -0.05) is 12.1 Å². The Balaban J connectivity index is 1.58. The van der Waals surface area contributed by atoms with E-state index in [9.17, 15) is 9.18 Å². The molecular formula is C19H28FN3O2. The number of rotatable bonds is 4. The summed E-state index contributed by atoms with van der Waals surface area (Å²) in [6.07, 6.45) is 2.08. The molecule has 2 heterocycles. The van der Waals surface area contributed by atoms with Gasteiger partial charge in [0.1, 0.15) is 5.82 Å². The molecule has 0 unspecified atom stereocenters. The summed E-state index contributed by atoms with van der Waals surface area (Å²) in [5.74, 6) is -0.232. The molecule has 3 rings (SSSR count). The number of halogens is 1. The molecule has 2 fully saturated rings. The molecular weight excluding hydrogens is 321 g/mol. The second-order valence-corrected chi connectivity index (χ2v) is 7.08. The van der Waals surface area contributed by atoms with Crippen molar-refractivity contribution in [3.05, 3.63) is 35.1 Å². The number of aryl methyl sites for hydroxylation is 1. The highest BCUT2D eigenvalue weighted by molar-refractivity contribution is 5.75. The highest BCUT2D eigenvalue weighted by atomic mass is 19.1.